The smallest absolute Gasteiger partial charge is 0.329 e. The van der Waals surface area contributed by atoms with E-state index in [1.54, 1.807) is 31.0 Å². The topological polar surface area (TPSA) is 75.5 Å². The number of ether oxygens (including phenoxy) is 1. The van der Waals surface area contributed by atoms with Crippen LogP contribution in [0.1, 0.15) is 34.1 Å². The standard InChI is InChI=1S/C13H21N3O3/c1-5-9-19-10-7-8-14-12(15-10)16(6-2)13(3,4)11(17)18/h7-8H,5-6,9H2,1-4H3,(H,17,18). The van der Waals surface area contributed by atoms with Crippen molar-refractivity contribution in [3.05, 3.63) is 12.3 Å². The van der Waals surface area contributed by atoms with E-state index in [-0.39, 0.29) is 0 Å². The van der Waals surface area contributed by atoms with E-state index in [4.69, 9.17) is 4.74 Å². The number of hydrogen-bond acceptors (Lipinski definition) is 5. The van der Waals surface area contributed by atoms with Gasteiger partial charge < -0.3 is 14.7 Å². The molecule has 6 heteroatoms. The van der Waals surface area contributed by atoms with Gasteiger partial charge in [0.15, 0.2) is 0 Å². The number of carboxylic acids is 1. The second kappa shape index (κ2) is 6.36. The summed E-state index contributed by atoms with van der Waals surface area (Å²) in [5.74, 6) is -0.0900. The molecule has 0 aromatic carbocycles. The van der Waals surface area contributed by atoms with E-state index in [0.29, 0.717) is 25.0 Å². The number of hydrogen-bond donors (Lipinski definition) is 1. The molecule has 0 amide bonds. The van der Waals surface area contributed by atoms with E-state index >= 15 is 0 Å². The van der Waals surface area contributed by atoms with Crippen LogP contribution in [0.15, 0.2) is 12.3 Å². The minimum atomic E-state index is -1.07. The third kappa shape index (κ3) is 3.56. The zero-order valence-corrected chi connectivity index (χ0v) is 11.9. The van der Waals surface area contributed by atoms with Crippen LogP contribution in [0.5, 0.6) is 5.88 Å². The molecule has 1 aromatic rings. The number of anilines is 1. The van der Waals surface area contributed by atoms with Gasteiger partial charge >= 0.3 is 5.97 Å². The van der Waals surface area contributed by atoms with E-state index in [2.05, 4.69) is 9.97 Å². The molecule has 0 aliphatic carbocycles. The van der Waals surface area contributed by atoms with Gasteiger partial charge in [0.1, 0.15) is 5.54 Å². The van der Waals surface area contributed by atoms with Gasteiger partial charge in [0.25, 0.3) is 0 Å². The first-order chi connectivity index (χ1) is 8.93. The van der Waals surface area contributed by atoms with Gasteiger partial charge in [-0.3, -0.25) is 0 Å². The average Bonchev–Trinajstić information content (AvgIpc) is 2.37. The average molecular weight is 267 g/mol. The fourth-order valence-corrected chi connectivity index (χ4v) is 1.65. The Morgan fingerprint density at radius 3 is 2.68 bits per heavy atom. The van der Waals surface area contributed by atoms with Crippen LogP contribution in [0.2, 0.25) is 0 Å². The van der Waals surface area contributed by atoms with E-state index in [9.17, 15) is 9.90 Å². The van der Waals surface area contributed by atoms with Gasteiger partial charge in [-0.1, -0.05) is 6.92 Å². The van der Waals surface area contributed by atoms with Gasteiger partial charge in [-0.2, -0.15) is 4.98 Å². The van der Waals surface area contributed by atoms with Crippen molar-refractivity contribution in [3.8, 4) is 5.88 Å². The molecular formula is C13H21N3O3. The summed E-state index contributed by atoms with van der Waals surface area (Å²) in [7, 11) is 0. The van der Waals surface area contributed by atoms with Crippen LogP contribution < -0.4 is 9.64 Å². The maximum Gasteiger partial charge on any atom is 0.329 e. The predicted molar refractivity (Wildman–Crippen MR) is 72.6 cm³/mol. The minimum Gasteiger partial charge on any atom is -0.480 e. The van der Waals surface area contributed by atoms with Crippen LogP contribution >= 0.6 is 0 Å². The molecule has 1 N–H and O–H groups in total. The quantitative estimate of drug-likeness (QED) is 0.813. The van der Waals surface area contributed by atoms with Crippen LogP contribution in [0.4, 0.5) is 5.95 Å². The minimum absolute atomic E-state index is 0.364. The Hall–Kier alpha value is -1.85. The van der Waals surface area contributed by atoms with Crippen molar-refractivity contribution >= 4 is 11.9 Å². The van der Waals surface area contributed by atoms with Gasteiger partial charge in [0.2, 0.25) is 11.8 Å². The Morgan fingerprint density at radius 2 is 2.16 bits per heavy atom. The molecular weight excluding hydrogens is 246 g/mol. The monoisotopic (exact) mass is 267 g/mol. The highest BCUT2D eigenvalue weighted by molar-refractivity contribution is 5.81. The lowest BCUT2D eigenvalue weighted by atomic mass is 10.0. The first-order valence-electron chi connectivity index (χ1n) is 6.40. The number of likely N-dealkylation sites (N-methyl/N-ethyl adjacent to an activating group) is 1. The van der Waals surface area contributed by atoms with Crippen molar-refractivity contribution in [2.75, 3.05) is 18.1 Å². The summed E-state index contributed by atoms with van der Waals surface area (Å²) in [5.41, 5.74) is -1.07. The summed E-state index contributed by atoms with van der Waals surface area (Å²) in [6, 6.07) is 1.67. The second-order valence-electron chi connectivity index (χ2n) is 4.65. The van der Waals surface area contributed by atoms with Gasteiger partial charge in [0.05, 0.1) is 6.61 Å². The summed E-state index contributed by atoms with van der Waals surface area (Å²) in [4.78, 5) is 21.4. The summed E-state index contributed by atoms with van der Waals surface area (Å²) in [6.07, 6.45) is 2.46. The van der Waals surface area contributed by atoms with Crippen LogP contribution in [0, 0.1) is 0 Å². The number of carboxylic acid groups (broad SMARTS) is 1. The van der Waals surface area contributed by atoms with Crippen molar-refractivity contribution < 1.29 is 14.6 Å². The normalized spacial score (nSPS) is 11.2. The van der Waals surface area contributed by atoms with Crippen molar-refractivity contribution in [1.29, 1.82) is 0 Å². The molecule has 0 radical (unpaired) electrons. The number of nitrogens with zero attached hydrogens (tertiary/aromatic N) is 3. The second-order valence-corrected chi connectivity index (χ2v) is 4.65. The maximum absolute atomic E-state index is 11.3. The van der Waals surface area contributed by atoms with E-state index in [1.165, 1.54) is 0 Å². The number of aliphatic carboxylic acids is 1. The van der Waals surface area contributed by atoms with Crippen molar-refractivity contribution in [1.82, 2.24) is 9.97 Å². The molecule has 1 heterocycles. The zero-order valence-electron chi connectivity index (χ0n) is 11.9. The molecule has 0 unspecified atom stereocenters. The largest absolute Gasteiger partial charge is 0.480 e. The highest BCUT2D eigenvalue weighted by Crippen LogP contribution is 2.22. The molecule has 106 valence electrons. The molecule has 0 aliphatic heterocycles. The third-order valence-corrected chi connectivity index (χ3v) is 2.83. The third-order valence-electron chi connectivity index (χ3n) is 2.83. The molecule has 0 fully saturated rings. The zero-order chi connectivity index (χ0) is 14.5. The Bertz CT molecular complexity index is 435. The first kappa shape index (κ1) is 15.2. The summed E-state index contributed by atoms with van der Waals surface area (Å²) < 4.78 is 5.44. The number of carbonyl (C=O) groups is 1. The Morgan fingerprint density at radius 1 is 1.47 bits per heavy atom. The molecule has 1 rings (SSSR count). The van der Waals surface area contributed by atoms with Gasteiger partial charge in [0, 0.05) is 18.8 Å². The van der Waals surface area contributed by atoms with Gasteiger partial charge in [-0.15, -0.1) is 0 Å². The fraction of sp³-hybridized carbons (Fsp3) is 0.615. The lowest BCUT2D eigenvalue weighted by Gasteiger charge is -2.34. The summed E-state index contributed by atoms with van der Waals surface area (Å²) >= 11 is 0. The van der Waals surface area contributed by atoms with Crippen LogP contribution in [-0.4, -0.2) is 39.7 Å². The van der Waals surface area contributed by atoms with Crippen molar-refractivity contribution in [2.24, 2.45) is 0 Å². The fourth-order valence-electron chi connectivity index (χ4n) is 1.65. The number of aromatic nitrogens is 2. The number of rotatable bonds is 7. The van der Waals surface area contributed by atoms with E-state index in [1.807, 2.05) is 13.8 Å². The Labute approximate surface area is 113 Å². The summed E-state index contributed by atoms with van der Waals surface area (Å²) in [5, 5.41) is 9.29. The van der Waals surface area contributed by atoms with Crippen LogP contribution in [0.3, 0.4) is 0 Å². The summed E-state index contributed by atoms with van der Waals surface area (Å²) in [6.45, 7) is 8.20. The molecule has 0 atom stereocenters. The van der Waals surface area contributed by atoms with Gasteiger partial charge in [-0.05, 0) is 27.2 Å². The first-order valence-corrected chi connectivity index (χ1v) is 6.40. The van der Waals surface area contributed by atoms with Gasteiger partial charge in [-0.25, -0.2) is 9.78 Å². The van der Waals surface area contributed by atoms with Crippen molar-refractivity contribution in [2.45, 2.75) is 39.7 Å². The van der Waals surface area contributed by atoms with Crippen LogP contribution in [-0.2, 0) is 4.79 Å². The lowest BCUT2D eigenvalue weighted by molar-refractivity contribution is -0.142. The molecule has 1 aromatic heterocycles. The van der Waals surface area contributed by atoms with E-state index in [0.717, 1.165) is 6.42 Å². The molecule has 6 nitrogen and oxygen atoms in total. The van der Waals surface area contributed by atoms with Crippen LogP contribution in [0.25, 0.3) is 0 Å². The SMILES string of the molecule is CCCOc1ccnc(N(CC)C(C)(C)C(=O)O)n1. The molecule has 19 heavy (non-hydrogen) atoms. The Kier molecular flexibility index (Phi) is 5.09. The highest BCUT2D eigenvalue weighted by atomic mass is 16.5. The molecule has 0 bridgehead atoms. The maximum atomic E-state index is 11.3. The molecule has 0 aliphatic rings. The predicted octanol–water partition coefficient (Wildman–Crippen LogP) is 1.95. The lowest BCUT2D eigenvalue weighted by Crippen LogP contribution is -2.51. The highest BCUT2D eigenvalue weighted by Gasteiger charge is 2.35. The van der Waals surface area contributed by atoms with Crippen molar-refractivity contribution in [3.63, 3.8) is 0 Å². The Balaban J connectivity index is 3.02. The molecule has 0 saturated carbocycles. The van der Waals surface area contributed by atoms with E-state index < -0.39 is 11.5 Å². The molecule has 0 spiro atoms. The molecule has 0 saturated heterocycles.